The summed E-state index contributed by atoms with van der Waals surface area (Å²) in [5.41, 5.74) is 4.28. The quantitative estimate of drug-likeness (QED) is 0.577. The lowest BCUT2D eigenvalue weighted by atomic mass is 9.73. The van der Waals surface area contributed by atoms with Crippen LogP contribution in [0.1, 0.15) is 29.9 Å². The van der Waals surface area contributed by atoms with Crippen molar-refractivity contribution in [3.8, 4) is 0 Å². The van der Waals surface area contributed by atoms with Gasteiger partial charge in [0.2, 0.25) is 0 Å². The molecule has 0 radical (unpaired) electrons. The molecule has 0 spiro atoms. The van der Waals surface area contributed by atoms with Gasteiger partial charge < -0.3 is 0 Å². The molecule has 0 saturated carbocycles. The van der Waals surface area contributed by atoms with Crippen molar-refractivity contribution < 1.29 is 0 Å². The van der Waals surface area contributed by atoms with E-state index in [1.165, 1.54) is 29.5 Å². The zero-order chi connectivity index (χ0) is 14.1. The molecular weight excluding hydrogens is 355 g/mol. The number of hydrogen-bond donors (Lipinski definition) is 0. The van der Waals surface area contributed by atoms with Gasteiger partial charge in [0.05, 0.1) is 5.38 Å². The van der Waals surface area contributed by atoms with Crippen LogP contribution >= 0.6 is 39.1 Å². The molecule has 0 fully saturated rings. The van der Waals surface area contributed by atoms with E-state index < -0.39 is 0 Å². The number of hydrogen-bond acceptors (Lipinski definition) is 0. The van der Waals surface area contributed by atoms with E-state index in [1.54, 1.807) is 0 Å². The highest BCUT2D eigenvalue weighted by molar-refractivity contribution is 9.09. The third kappa shape index (κ3) is 2.86. The van der Waals surface area contributed by atoms with Gasteiger partial charge in [-0.15, -0.1) is 11.6 Å². The minimum absolute atomic E-state index is 0.0498. The standard InChI is InChI=1S/C17H17BrCl2/c18-10-11-7-12-3-1-2-4-14(12)15(8-11)13-5-6-16(19)17(20)9-13/h1-5,9,11,15-16H,6-8,10H2. The normalized spacial score (nSPS) is 29.4. The first-order valence-corrected chi connectivity index (χ1v) is 8.97. The van der Waals surface area contributed by atoms with E-state index in [1.807, 2.05) is 0 Å². The number of alkyl halides is 2. The molecule has 0 bridgehead atoms. The molecule has 1 aromatic rings. The highest BCUT2D eigenvalue weighted by Gasteiger charge is 2.29. The van der Waals surface area contributed by atoms with Gasteiger partial charge in [0.25, 0.3) is 0 Å². The maximum absolute atomic E-state index is 6.26. The zero-order valence-corrected chi connectivity index (χ0v) is 14.3. The average molecular weight is 372 g/mol. The van der Waals surface area contributed by atoms with Crippen LogP contribution < -0.4 is 0 Å². The van der Waals surface area contributed by atoms with Gasteiger partial charge in [-0.1, -0.05) is 57.9 Å². The summed E-state index contributed by atoms with van der Waals surface area (Å²) in [7, 11) is 0. The average Bonchev–Trinajstić information content (AvgIpc) is 2.49. The molecule has 0 heterocycles. The molecule has 2 aliphatic carbocycles. The Labute approximate surface area is 139 Å². The summed E-state index contributed by atoms with van der Waals surface area (Å²) in [6.07, 6.45) is 7.54. The van der Waals surface area contributed by atoms with Crippen LogP contribution in [-0.2, 0) is 6.42 Å². The summed E-state index contributed by atoms with van der Waals surface area (Å²) < 4.78 is 0. The molecule has 0 saturated heterocycles. The van der Waals surface area contributed by atoms with Gasteiger partial charge in [-0.05, 0) is 48.0 Å². The molecule has 3 unspecified atom stereocenters. The predicted octanol–water partition coefficient (Wildman–Crippen LogP) is 5.79. The van der Waals surface area contributed by atoms with E-state index in [0.717, 1.165) is 16.8 Å². The summed E-state index contributed by atoms with van der Waals surface area (Å²) in [6.45, 7) is 0. The Morgan fingerprint density at radius 2 is 2.05 bits per heavy atom. The number of rotatable bonds is 2. The molecule has 0 aromatic heterocycles. The van der Waals surface area contributed by atoms with Crippen LogP contribution in [0.25, 0.3) is 0 Å². The minimum atomic E-state index is -0.0498. The Kier molecular flexibility index (Phi) is 4.59. The topological polar surface area (TPSA) is 0 Å². The summed E-state index contributed by atoms with van der Waals surface area (Å²) in [4.78, 5) is 0. The number of allylic oxidation sites excluding steroid dienone is 4. The molecule has 3 atom stereocenters. The van der Waals surface area contributed by atoms with Crippen LogP contribution in [0, 0.1) is 5.92 Å². The van der Waals surface area contributed by atoms with Crippen molar-refractivity contribution in [1.82, 2.24) is 0 Å². The van der Waals surface area contributed by atoms with Crippen LogP contribution in [0.2, 0.25) is 0 Å². The lowest BCUT2D eigenvalue weighted by Crippen LogP contribution is -2.21. The van der Waals surface area contributed by atoms with Crippen molar-refractivity contribution in [2.75, 3.05) is 5.33 Å². The largest absolute Gasteiger partial charge is 0.117 e. The van der Waals surface area contributed by atoms with Gasteiger partial charge in [0.15, 0.2) is 0 Å². The third-order valence-corrected chi connectivity index (χ3v) is 6.11. The highest BCUT2D eigenvalue weighted by atomic mass is 79.9. The maximum Gasteiger partial charge on any atom is 0.0726 e. The monoisotopic (exact) mass is 370 g/mol. The smallest absolute Gasteiger partial charge is 0.0726 e. The predicted molar refractivity (Wildman–Crippen MR) is 91.1 cm³/mol. The number of benzene rings is 1. The third-order valence-electron chi connectivity index (χ3n) is 4.29. The minimum Gasteiger partial charge on any atom is -0.117 e. The molecule has 0 amide bonds. The van der Waals surface area contributed by atoms with Crippen LogP contribution in [0.15, 0.2) is 47.0 Å². The number of fused-ring (bicyclic) bond motifs is 1. The van der Waals surface area contributed by atoms with Crippen molar-refractivity contribution >= 4 is 39.1 Å². The summed E-state index contributed by atoms with van der Waals surface area (Å²) >= 11 is 16.1. The van der Waals surface area contributed by atoms with Crippen LogP contribution in [-0.4, -0.2) is 10.7 Å². The Bertz CT molecular complexity index is 562. The fraction of sp³-hybridized carbons (Fsp3) is 0.412. The van der Waals surface area contributed by atoms with E-state index in [2.05, 4.69) is 52.3 Å². The van der Waals surface area contributed by atoms with Crippen molar-refractivity contribution in [3.05, 3.63) is 58.1 Å². The van der Waals surface area contributed by atoms with E-state index >= 15 is 0 Å². The van der Waals surface area contributed by atoms with E-state index in [-0.39, 0.29) is 5.38 Å². The van der Waals surface area contributed by atoms with Gasteiger partial charge in [-0.25, -0.2) is 0 Å². The molecule has 20 heavy (non-hydrogen) atoms. The van der Waals surface area contributed by atoms with Crippen LogP contribution in [0.5, 0.6) is 0 Å². The Morgan fingerprint density at radius 1 is 1.25 bits per heavy atom. The Balaban J connectivity index is 1.97. The van der Waals surface area contributed by atoms with Crippen molar-refractivity contribution in [2.24, 2.45) is 5.92 Å². The first-order valence-electron chi connectivity index (χ1n) is 7.04. The first kappa shape index (κ1) is 14.7. The highest BCUT2D eigenvalue weighted by Crippen LogP contribution is 2.42. The second-order valence-corrected chi connectivity index (χ2v) is 7.26. The molecule has 0 aliphatic heterocycles. The zero-order valence-electron chi connectivity index (χ0n) is 11.2. The first-order chi connectivity index (χ1) is 9.69. The fourth-order valence-corrected chi connectivity index (χ4v) is 4.11. The van der Waals surface area contributed by atoms with E-state index in [0.29, 0.717) is 11.8 Å². The van der Waals surface area contributed by atoms with Gasteiger partial charge in [-0.3, -0.25) is 0 Å². The fourth-order valence-electron chi connectivity index (χ4n) is 3.25. The molecular formula is C17H17BrCl2. The molecule has 1 aromatic carbocycles. The molecule has 106 valence electrons. The lowest BCUT2D eigenvalue weighted by molar-refractivity contribution is 0.472. The second-order valence-electron chi connectivity index (χ2n) is 5.65. The maximum atomic E-state index is 6.26. The van der Waals surface area contributed by atoms with Gasteiger partial charge in [-0.2, -0.15) is 0 Å². The van der Waals surface area contributed by atoms with Crippen molar-refractivity contribution in [1.29, 1.82) is 0 Å². The Hall–Kier alpha value is -0.240. The van der Waals surface area contributed by atoms with Gasteiger partial charge in [0, 0.05) is 16.3 Å². The second kappa shape index (κ2) is 6.25. The van der Waals surface area contributed by atoms with Crippen LogP contribution in [0.4, 0.5) is 0 Å². The lowest BCUT2D eigenvalue weighted by Gasteiger charge is -2.33. The summed E-state index contributed by atoms with van der Waals surface area (Å²) in [5.74, 6) is 1.15. The van der Waals surface area contributed by atoms with E-state index in [9.17, 15) is 0 Å². The van der Waals surface area contributed by atoms with Crippen molar-refractivity contribution in [2.45, 2.75) is 30.6 Å². The molecule has 2 aliphatic rings. The van der Waals surface area contributed by atoms with Crippen LogP contribution in [0.3, 0.4) is 0 Å². The van der Waals surface area contributed by atoms with Gasteiger partial charge in [0.1, 0.15) is 0 Å². The Morgan fingerprint density at radius 3 is 2.80 bits per heavy atom. The molecule has 0 N–H and O–H groups in total. The molecule has 3 heteroatoms. The van der Waals surface area contributed by atoms with E-state index in [4.69, 9.17) is 23.2 Å². The molecule has 0 nitrogen and oxygen atoms in total. The summed E-state index contributed by atoms with van der Waals surface area (Å²) in [5, 5.41) is 1.79. The van der Waals surface area contributed by atoms with Gasteiger partial charge >= 0.3 is 0 Å². The van der Waals surface area contributed by atoms with Crippen molar-refractivity contribution in [3.63, 3.8) is 0 Å². The summed E-state index contributed by atoms with van der Waals surface area (Å²) in [6, 6.07) is 8.80. The molecule has 3 rings (SSSR count). The SMILES string of the molecule is ClC1=CC(C2CC(CBr)Cc3ccccc32)=CCC1Cl. The number of halogens is 3.